The maximum Gasteiger partial charge on any atom is 0.237 e. The molecule has 2 rings (SSSR count). The summed E-state index contributed by atoms with van der Waals surface area (Å²) < 4.78 is 13.3. The van der Waals surface area contributed by atoms with E-state index in [0.717, 1.165) is 5.69 Å². The minimum atomic E-state index is -0.776. The third-order valence-corrected chi connectivity index (χ3v) is 3.43. The Morgan fingerprint density at radius 3 is 2.88 bits per heavy atom. The van der Waals surface area contributed by atoms with Gasteiger partial charge in [-0.3, -0.25) is 4.79 Å². The third kappa shape index (κ3) is 1.59. The van der Waals surface area contributed by atoms with Gasteiger partial charge in [0.15, 0.2) is 0 Å². The number of nitriles is 1. The normalized spacial score (nSPS) is 22.5. The van der Waals surface area contributed by atoms with Crippen LogP contribution in [0.4, 0.5) is 10.1 Å². The average Bonchev–Trinajstić information content (AvgIpc) is 2.50. The smallest absolute Gasteiger partial charge is 0.237 e. The molecule has 0 aromatic heterocycles. The number of carbonyl (C=O) groups excluding carboxylic acids is 1. The molecule has 1 aromatic rings. The van der Waals surface area contributed by atoms with Crippen LogP contribution in [0, 0.1) is 17.1 Å². The number of nitrogens with zero attached hydrogens (tertiary/aromatic N) is 2. The fraction of sp³-hybridized carbons (Fsp3) is 0.385. The molecule has 0 spiro atoms. The molecule has 0 saturated carbocycles. The van der Waals surface area contributed by atoms with E-state index in [1.54, 1.807) is 20.0 Å². The standard InChI is InChI=1S/C13H13FN2O/c1-13(6-3-7-15)10-8-9(14)4-5-11(10)16(2)12(13)17/h4-5,8H,3,6H2,1-2H3. The summed E-state index contributed by atoms with van der Waals surface area (Å²) in [7, 11) is 1.68. The minimum Gasteiger partial charge on any atom is -0.314 e. The molecule has 0 N–H and O–H groups in total. The first-order valence-corrected chi connectivity index (χ1v) is 5.46. The van der Waals surface area contributed by atoms with Crippen molar-refractivity contribution < 1.29 is 9.18 Å². The average molecular weight is 232 g/mol. The van der Waals surface area contributed by atoms with Gasteiger partial charge >= 0.3 is 0 Å². The molecule has 1 atom stereocenters. The second-order valence-corrected chi connectivity index (χ2v) is 4.52. The molecule has 3 nitrogen and oxygen atoms in total. The molecule has 0 radical (unpaired) electrons. The number of carbonyl (C=O) groups is 1. The van der Waals surface area contributed by atoms with Gasteiger partial charge in [-0.2, -0.15) is 5.26 Å². The monoisotopic (exact) mass is 232 g/mol. The Morgan fingerprint density at radius 2 is 2.24 bits per heavy atom. The minimum absolute atomic E-state index is 0.0756. The van der Waals surface area contributed by atoms with Crippen molar-refractivity contribution in [2.24, 2.45) is 0 Å². The van der Waals surface area contributed by atoms with Crippen LogP contribution in [0.1, 0.15) is 25.3 Å². The maximum atomic E-state index is 13.3. The predicted octanol–water partition coefficient (Wildman–Crippen LogP) is 2.36. The lowest BCUT2D eigenvalue weighted by molar-refractivity contribution is -0.122. The Morgan fingerprint density at radius 1 is 1.53 bits per heavy atom. The lowest BCUT2D eigenvalue weighted by Crippen LogP contribution is -2.36. The largest absolute Gasteiger partial charge is 0.314 e. The van der Waals surface area contributed by atoms with Crippen molar-refractivity contribution in [2.45, 2.75) is 25.2 Å². The van der Waals surface area contributed by atoms with Crippen LogP contribution in [0.25, 0.3) is 0 Å². The van der Waals surface area contributed by atoms with Crippen LogP contribution in [-0.2, 0) is 10.2 Å². The van der Waals surface area contributed by atoms with Gasteiger partial charge in [0.2, 0.25) is 5.91 Å². The summed E-state index contributed by atoms with van der Waals surface area (Å²) in [5, 5.41) is 8.65. The van der Waals surface area contributed by atoms with Crippen LogP contribution in [0.5, 0.6) is 0 Å². The zero-order valence-corrected chi connectivity index (χ0v) is 9.83. The molecule has 0 fully saturated rings. The highest BCUT2D eigenvalue weighted by atomic mass is 19.1. The number of benzene rings is 1. The molecule has 1 aromatic carbocycles. The number of hydrogen-bond donors (Lipinski definition) is 0. The zero-order valence-electron chi connectivity index (χ0n) is 9.83. The van der Waals surface area contributed by atoms with E-state index in [0.29, 0.717) is 12.0 Å². The predicted molar refractivity (Wildman–Crippen MR) is 62.0 cm³/mol. The Bertz CT molecular complexity index is 521. The van der Waals surface area contributed by atoms with Gasteiger partial charge in [0, 0.05) is 19.2 Å². The van der Waals surface area contributed by atoms with Crippen LogP contribution in [-0.4, -0.2) is 13.0 Å². The molecule has 0 saturated heterocycles. The lowest BCUT2D eigenvalue weighted by Gasteiger charge is -2.21. The highest BCUT2D eigenvalue weighted by Gasteiger charge is 2.45. The van der Waals surface area contributed by atoms with Crippen molar-refractivity contribution in [2.75, 3.05) is 11.9 Å². The number of amides is 1. The van der Waals surface area contributed by atoms with E-state index < -0.39 is 5.41 Å². The second-order valence-electron chi connectivity index (χ2n) is 4.52. The molecule has 4 heteroatoms. The van der Waals surface area contributed by atoms with E-state index in [1.165, 1.54) is 17.0 Å². The Kier molecular flexibility index (Phi) is 2.62. The van der Waals surface area contributed by atoms with Crippen LogP contribution < -0.4 is 4.90 Å². The van der Waals surface area contributed by atoms with Crippen molar-refractivity contribution in [1.29, 1.82) is 5.26 Å². The van der Waals surface area contributed by atoms with Crippen molar-refractivity contribution >= 4 is 11.6 Å². The highest BCUT2D eigenvalue weighted by Crippen LogP contribution is 2.43. The van der Waals surface area contributed by atoms with Crippen molar-refractivity contribution in [3.05, 3.63) is 29.6 Å². The number of anilines is 1. The first-order chi connectivity index (χ1) is 8.00. The first-order valence-electron chi connectivity index (χ1n) is 5.46. The van der Waals surface area contributed by atoms with E-state index in [1.807, 2.05) is 6.07 Å². The number of hydrogen-bond acceptors (Lipinski definition) is 2. The first kappa shape index (κ1) is 11.6. The Balaban J connectivity index is 2.53. The van der Waals surface area contributed by atoms with E-state index in [2.05, 4.69) is 0 Å². The molecular weight excluding hydrogens is 219 g/mol. The summed E-state index contributed by atoms with van der Waals surface area (Å²) in [6.45, 7) is 1.77. The maximum absolute atomic E-state index is 13.3. The van der Waals surface area contributed by atoms with Crippen molar-refractivity contribution in [3.63, 3.8) is 0 Å². The summed E-state index contributed by atoms with van der Waals surface area (Å²) in [5.74, 6) is -0.427. The quantitative estimate of drug-likeness (QED) is 0.785. The summed E-state index contributed by atoms with van der Waals surface area (Å²) >= 11 is 0. The van der Waals surface area contributed by atoms with Crippen LogP contribution >= 0.6 is 0 Å². The van der Waals surface area contributed by atoms with Gasteiger partial charge in [0.1, 0.15) is 5.82 Å². The van der Waals surface area contributed by atoms with Crippen LogP contribution in [0.3, 0.4) is 0 Å². The third-order valence-electron chi connectivity index (χ3n) is 3.43. The van der Waals surface area contributed by atoms with Gasteiger partial charge in [-0.05, 0) is 37.1 Å². The molecule has 1 aliphatic heterocycles. The topological polar surface area (TPSA) is 44.1 Å². The summed E-state index contributed by atoms with van der Waals surface area (Å²) in [6.07, 6.45) is 0.704. The molecule has 0 bridgehead atoms. The fourth-order valence-corrected chi connectivity index (χ4v) is 2.38. The van der Waals surface area contributed by atoms with E-state index >= 15 is 0 Å². The van der Waals surface area contributed by atoms with E-state index in [-0.39, 0.29) is 18.1 Å². The number of likely N-dealkylation sites (N-methyl/N-ethyl adjacent to an activating group) is 1. The molecular formula is C13H13FN2O. The molecule has 88 valence electrons. The van der Waals surface area contributed by atoms with Gasteiger partial charge in [0.25, 0.3) is 0 Å². The van der Waals surface area contributed by atoms with Gasteiger partial charge in [0.05, 0.1) is 11.5 Å². The molecule has 1 amide bonds. The van der Waals surface area contributed by atoms with Crippen molar-refractivity contribution in [1.82, 2.24) is 0 Å². The zero-order chi connectivity index (χ0) is 12.6. The SMILES string of the molecule is CN1C(=O)C(C)(CCC#N)c2cc(F)ccc21. The summed E-state index contributed by atoms with van der Waals surface area (Å²) in [6, 6.07) is 6.39. The second kappa shape index (κ2) is 3.85. The molecule has 1 aliphatic rings. The Hall–Kier alpha value is -1.89. The number of halogens is 1. The molecule has 17 heavy (non-hydrogen) atoms. The van der Waals surface area contributed by atoms with Gasteiger partial charge < -0.3 is 4.90 Å². The van der Waals surface area contributed by atoms with Gasteiger partial charge in [-0.25, -0.2) is 4.39 Å². The van der Waals surface area contributed by atoms with E-state index in [4.69, 9.17) is 5.26 Å². The van der Waals surface area contributed by atoms with E-state index in [9.17, 15) is 9.18 Å². The van der Waals surface area contributed by atoms with Crippen LogP contribution in [0.15, 0.2) is 18.2 Å². The molecule has 0 aliphatic carbocycles. The van der Waals surface area contributed by atoms with Gasteiger partial charge in [-0.15, -0.1) is 0 Å². The number of rotatable bonds is 2. The number of fused-ring (bicyclic) bond motifs is 1. The Labute approximate surface area is 99.5 Å². The fourth-order valence-electron chi connectivity index (χ4n) is 2.38. The highest BCUT2D eigenvalue weighted by molar-refractivity contribution is 6.07. The molecule has 1 heterocycles. The summed E-state index contributed by atoms with van der Waals surface area (Å²) in [5.41, 5.74) is 0.638. The van der Waals surface area contributed by atoms with Crippen molar-refractivity contribution in [3.8, 4) is 6.07 Å². The molecule has 1 unspecified atom stereocenters. The summed E-state index contributed by atoms with van der Waals surface area (Å²) in [4.78, 5) is 13.7. The van der Waals surface area contributed by atoms with Gasteiger partial charge in [-0.1, -0.05) is 0 Å². The lowest BCUT2D eigenvalue weighted by atomic mass is 9.80. The van der Waals surface area contributed by atoms with Crippen LogP contribution in [0.2, 0.25) is 0 Å².